The van der Waals surface area contributed by atoms with E-state index >= 15 is 0 Å². The van der Waals surface area contributed by atoms with Crippen LogP contribution in [-0.2, 0) is 26.2 Å². The minimum atomic E-state index is -4.08. The summed E-state index contributed by atoms with van der Waals surface area (Å²) >= 11 is 0. The van der Waals surface area contributed by atoms with Crippen molar-refractivity contribution < 1.29 is 18.0 Å². The van der Waals surface area contributed by atoms with Crippen LogP contribution in [0.3, 0.4) is 0 Å². The molecular formula is C32H39N3O4S. The standard InChI is InChI=1S/C32H39N3O4S/c1-23-16-18-30(19-17-23)40(38,39)35(29-15-9-10-24(2)20-29)22-31(36)34(21-27-12-6-5-11-25(27)3)26(4)32(37)33-28-13-7-8-14-28/h5-6,9-12,15-20,26,28H,7-8,13-14,21-22H2,1-4H3,(H,33,37)/t26-/m1/s1. The molecule has 0 bridgehead atoms. The number of sulfonamides is 1. The Morgan fingerprint density at radius 1 is 0.900 bits per heavy atom. The summed E-state index contributed by atoms with van der Waals surface area (Å²) in [6, 6.07) is 20.7. The van der Waals surface area contributed by atoms with Crippen molar-refractivity contribution in [2.75, 3.05) is 10.8 Å². The highest BCUT2D eigenvalue weighted by Gasteiger charge is 2.33. The van der Waals surface area contributed by atoms with Gasteiger partial charge in [-0.1, -0.05) is 66.9 Å². The zero-order valence-corrected chi connectivity index (χ0v) is 24.6. The summed E-state index contributed by atoms with van der Waals surface area (Å²) in [6.45, 7) is 7.19. The minimum Gasteiger partial charge on any atom is -0.352 e. The fourth-order valence-electron chi connectivity index (χ4n) is 5.09. The molecule has 40 heavy (non-hydrogen) atoms. The highest BCUT2D eigenvalue weighted by molar-refractivity contribution is 7.92. The molecule has 1 N–H and O–H groups in total. The van der Waals surface area contributed by atoms with Gasteiger partial charge in [-0.05, 0) is 81.5 Å². The van der Waals surface area contributed by atoms with E-state index in [0.29, 0.717) is 5.69 Å². The third kappa shape index (κ3) is 6.91. The summed E-state index contributed by atoms with van der Waals surface area (Å²) in [5.74, 6) is -0.674. The first-order valence-corrected chi connectivity index (χ1v) is 15.3. The average molecular weight is 562 g/mol. The average Bonchev–Trinajstić information content (AvgIpc) is 3.44. The molecule has 0 spiro atoms. The van der Waals surface area contributed by atoms with Gasteiger partial charge in [0.15, 0.2) is 0 Å². The number of amides is 2. The van der Waals surface area contributed by atoms with Gasteiger partial charge < -0.3 is 10.2 Å². The van der Waals surface area contributed by atoms with Crippen molar-refractivity contribution >= 4 is 27.5 Å². The first-order chi connectivity index (χ1) is 19.1. The van der Waals surface area contributed by atoms with Gasteiger partial charge in [-0.3, -0.25) is 13.9 Å². The maximum atomic E-state index is 14.1. The highest BCUT2D eigenvalue weighted by atomic mass is 32.2. The molecule has 3 aromatic rings. The molecule has 1 saturated carbocycles. The lowest BCUT2D eigenvalue weighted by molar-refractivity contribution is -0.139. The lowest BCUT2D eigenvalue weighted by Gasteiger charge is -2.33. The van der Waals surface area contributed by atoms with Crippen molar-refractivity contribution in [3.8, 4) is 0 Å². The van der Waals surface area contributed by atoms with Gasteiger partial charge in [0.05, 0.1) is 10.6 Å². The van der Waals surface area contributed by atoms with Gasteiger partial charge in [-0.15, -0.1) is 0 Å². The molecule has 0 unspecified atom stereocenters. The van der Waals surface area contributed by atoms with Gasteiger partial charge in [0.25, 0.3) is 10.0 Å². The van der Waals surface area contributed by atoms with Crippen LogP contribution in [0.15, 0.2) is 77.7 Å². The topological polar surface area (TPSA) is 86.8 Å². The molecule has 0 aliphatic heterocycles. The number of carbonyl (C=O) groups is 2. The Balaban J connectivity index is 1.69. The SMILES string of the molecule is Cc1ccc(S(=O)(=O)N(CC(=O)N(Cc2ccccc2C)[C@H](C)C(=O)NC2CCCC2)c2cccc(C)c2)cc1. The van der Waals surface area contributed by atoms with Crippen molar-refractivity contribution in [3.63, 3.8) is 0 Å². The van der Waals surface area contributed by atoms with Crippen molar-refractivity contribution in [2.24, 2.45) is 0 Å². The Labute approximate surface area is 238 Å². The van der Waals surface area contributed by atoms with Crippen LogP contribution in [0, 0.1) is 20.8 Å². The number of nitrogens with zero attached hydrogens (tertiary/aromatic N) is 2. The maximum Gasteiger partial charge on any atom is 0.264 e. The molecule has 2 amide bonds. The molecule has 0 aromatic heterocycles. The lowest BCUT2D eigenvalue weighted by Crippen LogP contribution is -2.52. The first-order valence-electron chi connectivity index (χ1n) is 13.9. The van der Waals surface area contributed by atoms with Crippen LogP contribution in [0.5, 0.6) is 0 Å². The molecule has 1 fully saturated rings. The van der Waals surface area contributed by atoms with Crippen LogP contribution in [0.25, 0.3) is 0 Å². The summed E-state index contributed by atoms with van der Waals surface area (Å²) < 4.78 is 29.0. The Bertz CT molecular complexity index is 1450. The Hall–Kier alpha value is -3.65. The fourth-order valence-corrected chi connectivity index (χ4v) is 6.50. The minimum absolute atomic E-state index is 0.102. The third-order valence-corrected chi connectivity index (χ3v) is 9.44. The van der Waals surface area contributed by atoms with Crippen LogP contribution in [0.1, 0.15) is 54.9 Å². The Kier molecular flexibility index (Phi) is 9.30. The molecule has 0 saturated heterocycles. The van der Waals surface area contributed by atoms with Crippen molar-refractivity contribution in [1.29, 1.82) is 0 Å². The highest BCUT2D eigenvalue weighted by Crippen LogP contribution is 2.26. The van der Waals surface area contributed by atoms with Crippen LogP contribution in [-0.4, -0.2) is 43.8 Å². The van der Waals surface area contributed by atoms with E-state index in [9.17, 15) is 18.0 Å². The number of benzene rings is 3. The molecule has 8 heteroatoms. The van der Waals surface area contributed by atoms with Gasteiger partial charge in [0.2, 0.25) is 11.8 Å². The number of anilines is 1. The van der Waals surface area contributed by atoms with E-state index in [1.54, 1.807) is 49.4 Å². The quantitative estimate of drug-likeness (QED) is 0.365. The second kappa shape index (κ2) is 12.7. The van der Waals surface area contributed by atoms with E-state index in [0.717, 1.165) is 52.2 Å². The van der Waals surface area contributed by atoms with E-state index in [2.05, 4.69) is 5.32 Å². The molecule has 0 heterocycles. The number of rotatable bonds is 10. The normalized spacial score (nSPS) is 14.5. The van der Waals surface area contributed by atoms with Crippen molar-refractivity contribution in [1.82, 2.24) is 10.2 Å². The number of hydrogen-bond donors (Lipinski definition) is 1. The lowest BCUT2D eigenvalue weighted by atomic mass is 10.1. The van der Waals surface area contributed by atoms with Gasteiger partial charge >= 0.3 is 0 Å². The summed E-state index contributed by atoms with van der Waals surface area (Å²) in [6.07, 6.45) is 4.02. The summed E-state index contributed by atoms with van der Waals surface area (Å²) in [4.78, 5) is 29.0. The number of carbonyl (C=O) groups excluding carboxylic acids is 2. The van der Waals surface area contributed by atoms with Gasteiger partial charge in [0.1, 0.15) is 12.6 Å². The molecular weight excluding hydrogens is 522 g/mol. The zero-order valence-electron chi connectivity index (χ0n) is 23.8. The van der Waals surface area contributed by atoms with E-state index in [4.69, 9.17) is 0 Å². The Morgan fingerprint density at radius 3 is 2.23 bits per heavy atom. The van der Waals surface area contributed by atoms with Gasteiger partial charge in [-0.25, -0.2) is 8.42 Å². The second-order valence-corrected chi connectivity index (χ2v) is 12.6. The maximum absolute atomic E-state index is 14.1. The first kappa shape index (κ1) is 29.3. The number of hydrogen-bond acceptors (Lipinski definition) is 4. The predicted octanol–water partition coefficient (Wildman–Crippen LogP) is 5.28. The molecule has 1 atom stereocenters. The molecule has 212 valence electrons. The smallest absolute Gasteiger partial charge is 0.264 e. The molecule has 0 radical (unpaired) electrons. The van der Waals surface area contributed by atoms with Gasteiger partial charge in [0, 0.05) is 12.6 Å². The zero-order chi connectivity index (χ0) is 28.9. The molecule has 1 aliphatic rings. The Morgan fingerprint density at radius 2 is 1.57 bits per heavy atom. The van der Waals surface area contributed by atoms with Crippen LogP contribution < -0.4 is 9.62 Å². The van der Waals surface area contributed by atoms with Crippen molar-refractivity contribution in [3.05, 3.63) is 95.1 Å². The van der Waals surface area contributed by atoms with Crippen LogP contribution >= 0.6 is 0 Å². The molecule has 3 aromatic carbocycles. The largest absolute Gasteiger partial charge is 0.352 e. The molecule has 7 nitrogen and oxygen atoms in total. The van der Waals surface area contributed by atoms with Crippen LogP contribution in [0.2, 0.25) is 0 Å². The molecule has 4 rings (SSSR count). The summed E-state index contributed by atoms with van der Waals surface area (Å²) in [5.41, 5.74) is 4.10. The van der Waals surface area contributed by atoms with E-state index in [1.165, 1.54) is 4.90 Å². The van der Waals surface area contributed by atoms with Crippen molar-refractivity contribution in [2.45, 2.75) is 76.9 Å². The number of aryl methyl sites for hydroxylation is 3. The fraction of sp³-hybridized carbons (Fsp3) is 0.375. The van der Waals surface area contributed by atoms with E-state index in [1.807, 2.05) is 51.1 Å². The van der Waals surface area contributed by atoms with E-state index in [-0.39, 0.29) is 23.4 Å². The predicted molar refractivity (Wildman–Crippen MR) is 158 cm³/mol. The number of nitrogens with one attached hydrogen (secondary N) is 1. The molecule has 1 aliphatic carbocycles. The van der Waals surface area contributed by atoms with Gasteiger partial charge in [-0.2, -0.15) is 0 Å². The second-order valence-electron chi connectivity index (χ2n) is 10.8. The third-order valence-electron chi connectivity index (χ3n) is 7.65. The summed E-state index contributed by atoms with van der Waals surface area (Å²) in [7, 11) is -4.08. The van der Waals surface area contributed by atoms with Crippen LogP contribution in [0.4, 0.5) is 5.69 Å². The summed E-state index contributed by atoms with van der Waals surface area (Å²) in [5, 5.41) is 3.10. The van der Waals surface area contributed by atoms with E-state index < -0.39 is 28.5 Å². The monoisotopic (exact) mass is 561 g/mol.